The number of hydrogen-bond acceptors (Lipinski definition) is 3. The van der Waals surface area contributed by atoms with Crippen LogP contribution in [-0.2, 0) is 17.6 Å². The summed E-state index contributed by atoms with van der Waals surface area (Å²) >= 11 is 0. The summed E-state index contributed by atoms with van der Waals surface area (Å²) in [5.74, 6) is 0.664. The van der Waals surface area contributed by atoms with Gasteiger partial charge in [0.15, 0.2) is 0 Å². The third-order valence-corrected chi connectivity index (χ3v) is 7.63. The van der Waals surface area contributed by atoms with Crippen molar-refractivity contribution in [1.29, 1.82) is 0 Å². The Morgan fingerprint density at radius 2 is 1.74 bits per heavy atom. The number of fused-ring (bicyclic) bond motifs is 2. The third-order valence-electron chi connectivity index (χ3n) is 7.63. The average Bonchev–Trinajstić information content (AvgIpc) is 3.32. The van der Waals surface area contributed by atoms with Gasteiger partial charge in [-0.25, -0.2) is 0 Å². The molecule has 2 aliphatic rings. The molecule has 3 aromatic rings. The maximum absolute atomic E-state index is 13.6. The van der Waals surface area contributed by atoms with E-state index in [0.717, 1.165) is 49.8 Å². The van der Waals surface area contributed by atoms with Gasteiger partial charge in [0.1, 0.15) is 0 Å². The van der Waals surface area contributed by atoms with Crippen LogP contribution in [-0.4, -0.2) is 61.6 Å². The van der Waals surface area contributed by atoms with Gasteiger partial charge in [-0.1, -0.05) is 54.6 Å². The highest BCUT2D eigenvalue weighted by molar-refractivity contribution is 5.98. The molecule has 1 aliphatic carbocycles. The van der Waals surface area contributed by atoms with E-state index in [-0.39, 0.29) is 5.91 Å². The Kier molecular flexibility index (Phi) is 7.27. The van der Waals surface area contributed by atoms with Gasteiger partial charge in [0.05, 0.1) is 0 Å². The number of carbonyl (C=O) groups excluding carboxylic acids is 1. The number of rotatable bonds is 8. The van der Waals surface area contributed by atoms with Crippen molar-refractivity contribution in [3.8, 4) is 0 Å². The third kappa shape index (κ3) is 5.18. The molecule has 1 atom stereocenters. The standard InChI is InChI=1S/C30H36N2O2/c1-34-17-7-16-32(30(33)28-14-13-24-9-2-3-10-25(24)18-28)22-23-8-6-15-31(21-23)29-19-26-11-4-5-12-27(26)20-29/h2-5,9-14,18,23,29H,6-8,15-17,19-22H2,1H3. The van der Waals surface area contributed by atoms with Crippen LogP contribution < -0.4 is 0 Å². The van der Waals surface area contributed by atoms with E-state index in [4.69, 9.17) is 4.74 Å². The van der Waals surface area contributed by atoms with E-state index in [2.05, 4.69) is 52.3 Å². The quantitative estimate of drug-likeness (QED) is 0.437. The zero-order valence-corrected chi connectivity index (χ0v) is 20.3. The number of hydrogen-bond donors (Lipinski definition) is 0. The van der Waals surface area contributed by atoms with Gasteiger partial charge < -0.3 is 9.64 Å². The van der Waals surface area contributed by atoms with E-state index in [1.165, 1.54) is 35.9 Å². The van der Waals surface area contributed by atoms with Gasteiger partial charge in [0, 0.05) is 45.0 Å². The summed E-state index contributed by atoms with van der Waals surface area (Å²) in [6.45, 7) is 4.51. The minimum atomic E-state index is 0.146. The molecule has 1 saturated heterocycles. The first-order valence-electron chi connectivity index (χ1n) is 12.8. The van der Waals surface area contributed by atoms with Crippen molar-refractivity contribution in [1.82, 2.24) is 9.80 Å². The molecule has 1 fully saturated rings. The van der Waals surface area contributed by atoms with E-state index in [1.807, 2.05) is 24.3 Å². The van der Waals surface area contributed by atoms with Gasteiger partial charge in [0.25, 0.3) is 5.91 Å². The van der Waals surface area contributed by atoms with Gasteiger partial charge in [0.2, 0.25) is 0 Å². The summed E-state index contributed by atoms with van der Waals surface area (Å²) in [6, 6.07) is 23.9. The minimum absolute atomic E-state index is 0.146. The smallest absolute Gasteiger partial charge is 0.253 e. The highest BCUT2D eigenvalue weighted by Gasteiger charge is 2.31. The van der Waals surface area contributed by atoms with E-state index in [9.17, 15) is 4.79 Å². The van der Waals surface area contributed by atoms with Gasteiger partial charge in [-0.2, -0.15) is 0 Å². The van der Waals surface area contributed by atoms with Gasteiger partial charge in [-0.15, -0.1) is 0 Å². The number of methoxy groups -OCH3 is 1. The second-order valence-corrected chi connectivity index (χ2v) is 9.99. The molecule has 4 heteroatoms. The van der Waals surface area contributed by atoms with E-state index >= 15 is 0 Å². The van der Waals surface area contributed by atoms with Gasteiger partial charge >= 0.3 is 0 Å². The summed E-state index contributed by atoms with van der Waals surface area (Å²) < 4.78 is 5.29. The van der Waals surface area contributed by atoms with Crippen molar-refractivity contribution in [3.63, 3.8) is 0 Å². The van der Waals surface area contributed by atoms with Crippen molar-refractivity contribution in [3.05, 3.63) is 83.4 Å². The SMILES string of the molecule is COCCCN(CC1CCCN(C2Cc3ccccc3C2)C1)C(=O)c1ccc2ccccc2c1. The summed E-state index contributed by atoms with van der Waals surface area (Å²) in [4.78, 5) is 18.4. The number of nitrogens with zero attached hydrogens (tertiary/aromatic N) is 2. The van der Waals surface area contributed by atoms with Crippen LogP contribution in [0.1, 0.15) is 40.7 Å². The average molecular weight is 457 g/mol. The molecule has 1 amide bonds. The fourth-order valence-electron chi connectivity index (χ4n) is 5.86. The van der Waals surface area contributed by atoms with Crippen LogP contribution in [0, 0.1) is 5.92 Å². The maximum atomic E-state index is 13.6. The molecular formula is C30H36N2O2. The Morgan fingerprint density at radius 3 is 2.50 bits per heavy atom. The molecule has 178 valence electrons. The summed E-state index contributed by atoms with van der Waals surface area (Å²) in [5, 5.41) is 2.29. The largest absolute Gasteiger partial charge is 0.385 e. The lowest BCUT2D eigenvalue weighted by molar-refractivity contribution is 0.0621. The van der Waals surface area contributed by atoms with Crippen molar-refractivity contribution < 1.29 is 9.53 Å². The first-order valence-corrected chi connectivity index (χ1v) is 12.8. The first-order chi connectivity index (χ1) is 16.7. The monoisotopic (exact) mass is 456 g/mol. The fraction of sp³-hybridized carbons (Fsp3) is 0.433. The fourth-order valence-corrected chi connectivity index (χ4v) is 5.86. The molecule has 0 bridgehead atoms. The van der Waals surface area contributed by atoms with E-state index < -0.39 is 0 Å². The molecule has 5 rings (SSSR count). The van der Waals surface area contributed by atoms with Crippen LogP contribution in [0.15, 0.2) is 66.7 Å². The van der Waals surface area contributed by atoms with Crippen LogP contribution in [0.5, 0.6) is 0 Å². The van der Waals surface area contributed by atoms with Crippen molar-refractivity contribution >= 4 is 16.7 Å². The molecule has 0 saturated carbocycles. The van der Waals surface area contributed by atoms with Crippen LogP contribution in [0.2, 0.25) is 0 Å². The molecular weight excluding hydrogens is 420 g/mol. The molecule has 0 radical (unpaired) electrons. The first kappa shape index (κ1) is 23.1. The van der Waals surface area contributed by atoms with Crippen LogP contribution in [0.25, 0.3) is 10.8 Å². The highest BCUT2D eigenvalue weighted by atomic mass is 16.5. The lowest BCUT2D eigenvalue weighted by Gasteiger charge is -2.39. The van der Waals surface area contributed by atoms with E-state index in [1.54, 1.807) is 7.11 Å². The Balaban J connectivity index is 1.27. The maximum Gasteiger partial charge on any atom is 0.253 e. The summed E-state index contributed by atoms with van der Waals surface area (Å²) in [7, 11) is 1.73. The zero-order chi connectivity index (χ0) is 23.3. The molecule has 0 aromatic heterocycles. The zero-order valence-electron chi connectivity index (χ0n) is 20.3. The Bertz CT molecular complexity index is 1100. The molecule has 3 aromatic carbocycles. The summed E-state index contributed by atoms with van der Waals surface area (Å²) in [6.07, 6.45) is 5.60. The van der Waals surface area contributed by atoms with Gasteiger partial charge in [-0.3, -0.25) is 9.69 Å². The number of likely N-dealkylation sites (tertiary alicyclic amines) is 1. The molecule has 1 aliphatic heterocycles. The number of piperidine rings is 1. The van der Waals surface area contributed by atoms with Crippen molar-refractivity contribution in [2.75, 3.05) is 39.9 Å². The molecule has 4 nitrogen and oxygen atoms in total. The Hall–Kier alpha value is -2.69. The normalized spacial score (nSPS) is 18.8. The van der Waals surface area contributed by atoms with Crippen molar-refractivity contribution in [2.24, 2.45) is 5.92 Å². The van der Waals surface area contributed by atoms with Crippen LogP contribution in [0.3, 0.4) is 0 Å². The molecule has 1 unspecified atom stereocenters. The predicted octanol–water partition coefficient (Wildman–Crippen LogP) is 5.20. The number of ether oxygens (including phenoxy) is 1. The summed E-state index contributed by atoms with van der Waals surface area (Å²) in [5.41, 5.74) is 3.82. The highest BCUT2D eigenvalue weighted by Crippen LogP contribution is 2.29. The number of amides is 1. The number of benzene rings is 3. The molecule has 0 N–H and O–H groups in total. The molecule has 0 spiro atoms. The number of carbonyl (C=O) groups is 1. The molecule has 1 heterocycles. The lowest BCUT2D eigenvalue weighted by atomic mass is 9.95. The predicted molar refractivity (Wildman–Crippen MR) is 138 cm³/mol. The Labute approximate surface area is 203 Å². The van der Waals surface area contributed by atoms with E-state index in [0.29, 0.717) is 18.6 Å². The topological polar surface area (TPSA) is 32.8 Å². The molecule has 34 heavy (non-hydrogen) atoms. The van der Waals surface area contributed by atoms with Crippen molar-refractivity contribution in [2.45, 2.75) is 38.1 Å². The lowest BCUT2D eigenvalue weighted by Crippen LogP contribution is -2.47. The Morgan fingerprint density at radius 1 is 1.00 bits per heavy atom. The minimum Gasteiger partial charge on any atom is -0.385 e. The van der Waals surface area contributed by atoms with Gasteiger partial charge in [-0.05, 0) is 78.6 Å². The second-order valence-electron chi connectivity index (χ2n) is 9.99. The second kappa shape index (κ2) is 10.7. The van der Waals surface area contributed by atoms with Crippen LogP contribution in [0.4, 0.5) is 0 Å². The van der Waals surface area contributed by atoms with Crippen LogP contribution >= 0.6 is 0 Å².